The first-order valence-electron chi connectivity index (χ1n) is 12.6. The van der Waals surface area contributed by atoms with Crippen LogP contribution in [-0.2, 0) is 14.4 Å². The minimum atomic E-state index is -0.301. The highest BCUT2D eigenvalue weighted by Gasteiger charge is 2.51. The highest BCUT2D eigenvalue weighted by molar-refractivity contribution is 5.88. The molecule has 7 nitrogen and oxygen atoms in total. The van der Waals surface area contributed by atoms with Gasteiger partial charge in [-0.25, -0.2) is 0 Å². The predicted molar refractivity (Wildman–Crippen MR) is 126 cm³/mol. The molecule has 3 amide bonds. The fourth-order valence-electron chi connectivity index (χ4n) is 7.29. The van der Waals surface area contributed by atoms with Crippen molar-refractivity contribution in [3.05, 3.63) is 30.3 Å². The third-order valence-electron chi connectivity index (χ3n) is 8.34. The second-order valence-corrected chi connectivity index (χ2v) is 10.9. The molecule has 7 heteroatoms. The average molecular weight is 453 g/mol. The lowest BCUT2D eigenvalue weighted by molar-refractivity contribution is -0.133. The summed E-state index contributed by atoms with van der Waals surface area (Å²) in [7, 11) is 0. The average Bonchev–Trinajstić information content (AvgIpc) is 2.81. The van der Waals surface area contributed by atoms with Crippen LogP contribution in [0.25, 0.3) is 0 Å². The SMILES string of the molecule is O=C(CNC(=O)CC12CC3CC(CC(C3)C1)C2)NCC(=O)N1CCN(c2ccccc2)CC1. The number of carbonyl (C=O) groups is 3. The highest BCUT2D eigenvalue weighted by atomic mass is 16.2. The summed E-state index contributed by atoms with van der Waals surface area (Å²) in [4.78, 5) is 41.4. The number of hydrogen-bond donors (Lipinski definition) is 2. The van der Waals surface area contributed by atoms with Crippen LogP contribution in [0.2, 0.25) is 0 Å². The van der Waals surface area contributed by atoms with E-state index in [-0.39, 0.29) is 36.2 Å². The number of nitrogens with one attached hydrogen (secondary N) is 2. The summed E-state index contributed by atoms with van der Waals surface area (Å²) in [6.45, 7) is 2.78. The summed E-state index contributed by atoms with van der Waals surface area (Å²) >= 11 is 0. The maximum absolute atomic E-state index is 12.6. The van der Waals surface area contributed by atoms with Gasteiger partial charge in [-0.1, -0.05) is 18.2 Å². The van der Waals surface area contributed by atoms with Gasteiger partial charge in [-0.2, -0.15) is 0 Å². The van der Waals surface area contributed by atoms with E-state index < -0.39 is 0 Å². The van der Waals surface area contributed by atoms with Crippen molar-refractivity contribution in [1.29, 1.82) is 0 Å². The molecular weight excluding hydrogens is 416 g/mol. The number of nitrogens with zero attached hydrogens (tertiary/aromatic N) is 2. The van der Waals surface area contributed by atoms with Crippen LogP contribution >= 0.6 is 0 Å². The Bertz CT molecular complexity index is 843. The first-order chi connectivity index (χ1) is 16.0. The lowest BCUT2D eigenvalue weighted by atomic mass is 9.49. The summed E-state index contributed by atoms with van der Waals surface area (Å²) < 4.78 is 0. The Morgan fingerprint density at radius 1 is 0.788 bits per heavy atom. The molecule has 1 aliphatic heterocycles. The van der Waals surface area contributed by atoms with Crippen LogP contribution in [0, 0.1) is 23.2 Å². The molecule has 0 atom stereocenters. The first kappa shape index (κ1) is 22.2. The molecular formula is C26H36N4O3. The Morgan fingerprint density at radius 2 is 1.36 bits per heavy atom. The fourth-order valence-corrected chi connectivity index (χ4v) is 7.29. The molecule has 1 heterocycles. The number of hydrogen-bond acceptors (Lipinski definition) is 4. The molecule has 178 valence electrons. The summed E-state index contributed by atoms with van der Waals surface area (Å²) in [5, 5.41) is 5.48. The third-order valence-corrected chi connectivity index (χ3v) is 8.34. The predicted octanol–water partition coefficient (Wildman–Crippen LogP) is 2.17. The zero-order valence-electron chi connectivity index (χ0n) is 19.4. The number of anilines is 1. The van der Waals surface area contributed by atoms with Gasteiger partial charge in [-0.3, -0.25) is 14.4 Å². The molecule has 5 fully saturated rings. The largest absolute Gasteiger partial charge is 0.368 e. The van der Waals surface area contributed by atoms with E-state index in [9.17, 15) is 14.4 Å². The van der Waals surface area contributed by atoms with Crippen LogP contribution in [0.1, 0.15) is 44.9 Å². The van der Waals surface area contributed by atoms with Crippen molar-refractivity contribution in [2.45, 2.75) is 44.9 Å². The van der Waals surface area contributed by atoms with E-state index in [1.807, 2.05) is 18.2 Å². The molecule has 1 saturated heterocycles. The molecule has 0 unspecified atom stereocenters. The van der Waals surface area contributed by atoms with Crippen LogP contribution < -0.4 is 15.5 Å². The summed E-state index contributed by atoms with van der Waals surface area (Å²) in [5.74, 6) is 2.05. The number of amides is 3. The molecule has 0 aromatic heterocycles. The van der Waals surface area contributed by atoms with Crippen LogP contribution in [0.3, 0.4) is 0 Å². The minimum Gasteiger partial charge on any atom is -0.368 e. The van der Waals surface area contributed by atoms with Crippen LogP contribution in [0.4, 0.5) is 5.69 Å². The fraction of sp³-hybridized carbons (Fsp3) is 0.654. The van der Waals surface area contributed by atoms with Crippen molar-refractivity contribution < 1.29 is 14.4 Å². The van der Waals surface area contributed by atoms with E-state index in [4.69, 9.17) is 0 Å². The van der Waals surface area contributed by atoms with E-state index in [2.05, 4.69) is 27.7 Å². The minimum absolute atomic E-state index is 0.0181. The molecule has 5 aliphatic rings. The molecule has 6 rings (SSSR count). The maximum atomic E-state index is 12.6. The van der Waals surface area contributed by atoms with Gasteiger partial charge in [0.25, 0.3) is 0 Å². The molecule has 1 aromatic rings. The van der Waals surface area contributed by atoms with Crippen molar-refractivity contribution in [3.63, 3.8) is 0 Å². The lowest BCUT2D eigenvalue weighted by Crippen LogP contribution is -2.52. The first-order valence-corrected chi connectivity index (χ1v) is 12.6. The molecule has 4 bridgehead atoms. The Kier molecular flexibility index (Phi) is 6.30. The van der Waals surface area contributed by atoms with Crippen molar-refractivity contribution in [2.24, 2.45) is 23.2 Å². The standard InChI is InChI=1S/C26H36N4O3/c31-23(16-26-13-19-10-20(14-26)12-21(11-19)15-26)27-17-24(32)28-18-25(33)30-8-6-29(7-9-30)22-4-2-1-3-5-22/h1-5,19-21H,6-18H2,(H,27,31)(H,28,32). The van der Waals surface area contributed by atoms with Gasteiger partial charge in [0.1, 0.15) is 0 Å². The maximum Gasteiger partial charge on any atom is 0.242 e. The summed E-state index contributed by atoms with van der Waals surface area (Å²) in [5.41, 5.74) is 1.34. The van der Waals surface area contributed by atoms with Crippen LogP contribution in [-0.4, -0.2) is 61.9 Å². The zero-order chi connectivity index (χ0) is 22.8. The van der Waals surface area contributed by atoms with E-state index in [1.54, 1.807) is 4.90 Å². The molecule has 0 spiro atoms. The number of carbonyl (C=O) groups excluding carboxylic acids is 3. The molecule has 4 aliphatic carbocycles. The van der Waals surface area contributed by atoms with Gasteiger partial charge in [0, 0.05) is 38.3 Å². The topological polar surface area (TPSA) is 81.8 Å². The zero-order valence-corrected chi connectivity index (χ0v) is 19.4. The Hall–Kier alpha value is -2.57. The quantitative estimate of drug-likeness (QED) is 0.664. The van der Waals surface area contributed by atoms with E-state index in [0.29, 0.717) is 19.5 Å². The summed E-state index contributed by atoms with van der Waals surface area (Å²) in [6.07, 6.45) is 8.18. The summed E-state index contributed by atoms with van der Waals surface area (Å²) in [6, 6.07) is 10.2. The highest BCUT2D eigenvalue weighted by Crippen LogP contribution is 2.61. The van der Waals surface area contributed by atoms with Crippen LogP contribution in [0.15, 0.2) is 30.3 Å². The molecule has 0 radical (unpaired) electrons. The Morgan fingerprint density at radius 3 is 1.97 bits per heavy atom. The lowest BCUT2D eigenvalue weighted by Gasteiger charge is -2.56. The number of para-hydroxylation sites is 1. The monoisotopic (exact) mass is 452 g/mol. The van der Waals surface area contributed by atoms with Gasteiger partial charge in [0.05, 0.1) is 13.1 Å². The van der Waals surface area contributed by atoms with Gasteiger partial charge in [-0.05, 0) is 73.8 Å². The normalized spacial score (nSPS) is 30.2. The van der Waals surface area contributed by atoms with Gasteiger partial charge in [0.15, 0.2) is 0 Å². The Balaban J connectivity index is 1.00. The van der Waals surface area contributed by atoms with E-state index in [1.165, 1.54) is 44.2 Å². The third kappa shape index (κ3) is 5.17. The van der Waals surface area contributed by atoms with Crippen molar-refractivity contribution in [2.75, 3.05) is 44.2 Å². The van der Waals surface area contributed by atoms with Crippen molar-refractivity contribution in [1.82, 2.24) is 15.5 Å². The van der Waals surface area contributed by atoms with Gasteiger partial charge >= 0.3 is 0 Å². The second-order valence-electron chi connectivity index (χ2n) is 10.9. The van der Waals surface area contributed by atoms with Crippen molar-refractivity contribution in [3.8, 4) is 0 Å². The van der Waals surface area contributed by atoms with Crippen molar-refractivity contribution >= 4 is 23.4 Å². The Labute approximate surface area is 196 Å². The molecule has 1 aromatic carbocycles. The number of rotatable bonds is 7. The molecule has 4 saturated carbocycles. The van der Waals surface area contributed by atoms with Crippen LogP contribution in [0.5, 0.6) is 0 Å². The smallest absolute Gasteiger partial charge is 0.242 e. The van der Waals surface area contributed by atoms with Gasteiger partial charge < -0.3 is 20.4 Å². The van der Waals surface area contributed by atoms with E-state index >= 15 is 0 Å². The van der Waals surface area contributed by atoms with Gasteiger partial charge in [0.2, 0.25) is 17.7 Å². The van der Waals surface area contributed by atoms with E-state index in [0.717, 1.165) is 30.8 Å². The molecule has 33 heavy (non-hydrogen) atoms. The number of benzene rings is 1. The molecule has 2 N–H and O–H groups in total. The number of piperazine rings is 1. The second kappa shape index (κ2) is 9.35. The van der Waals surface area contributed by atoms with Gasteiger partial charge in [-0.15, -0.1) is 0 Å².